The number of fused-ring (bicyclic) bond motifs is 2. The number of rotatable bonds is 6. The Hall–Kier alpha value is -4.99. The van der Waals surface area contributed by atoms with Crippen LogP contribution in [-0.4, -0.2) is 24.7 Å². The first-order chi connectivity index (χ1) is 17.2. The van der Waals surface area contributed by atoms with Crippen LogP contribution in [0.15, 0.2) is 76.2 Å². The third kappa shape index (κ3) is 3.76. The maximum absolute atomic E-state index is 12.3. The minimum Gasteiger partial charge on any atom is -0.454 e. The van der Waals surface area contributed by atoms with Gasteiger partial charge in [0, 0.05) is 5.56 Å². The van der Waals surface area contributed by atoms with Gasteiger partial charge in [0.1, 0.15) is 11.3 Å². The smallest absolute Gasteiger partial charge is 0.324 e. The van der Waals surface area contributed by atoms with Crippen molar-refractivity contribution in [2.45, 2.75) is 0 Å². The quantitative estimate of drug-likeness (QED) is 0.225. The van der Waals surface area contributed by atoms with Crippen LogP contribution >= 0.6 is 0 Å². The molecule has 1 N–H and O–H groups in total. The number of benzene rings is 3. The molecular formula is C25H17N3O7. The lowest BCUT2D eigenvalue weighted by Crippen LogP contribution is -1.95. The molecule has 174 valence electrons. The number of hydrogen-bond acceptors (Lipinski definition) is 9. The predicted octanol–water partition coefficient (Wildman–Crippen LogP) is 5.43. The molecule has 3 aromatic carbocycles. The third-order valence-corrected chi connectivity index (χ3v) is 5.54. The molecule has 0 bridgehead atoms. The molecule has 0 aliphatic carbocycles. The van der Waals surface area contributed by atoms with Gasteiger partial charge in [-0.3, -0.25) is 15.5 Å². The van der Waals surface area contributed by atoms with Crippen molar-refractivity contribution in [1.82, 2.24) is 0 Å². The molecule has 1 aromatic heterocycles. The van der Waals surface area contributed by atoms with E-state index in [1.807, 2.05) is 30.3 Å². The zero-order valence-corrected chi connectivity index (χ0v) is 18.1. The first kappa shape index (κ1) is 20.6. The lowest BCUT2D eigenvalue weighted by atomic mass is 9.99. The zero-order chi connectivity index (χ0) is 23.8. The summed E-state index contributed by atoms with van der Waals surface area (Å²) in [7, 11) is 0. The minimum atomic E-state index is -0.482. The number of nitrogens with zero attached hydrogens (tertiary/aromatic N) is 2. The summed E-state index contributed by atoms with van der Waals surface area (Å²) in [6.07, 6.45) is 1.29. The van der Waals surface area contributed by atoms with Crippen molar-refractivity contribution in [1.29, 1.82) is 0 Å². The van der Waals surface area contributed by atoms with E-state index in [1.165, 1.54) is 6.21 Å². The van der Waals surface area contributed by atoms with Crippen molar-refractivity contribution in [3.63, 3.8) is 0 Å². The highest BCUT2D eigenvalue weighted by molar-refractivity contribution is 5.96. The average molecular weight is 471 g/mol. The van der Waals surface area contributed by atoms with Gasteiger partial charge in [-0.25, -0.2) is 0 Å². The van der Waals surface area contributed by atoms with Gasteiger partial charge < -0.3 is 23.4 Å². The molecule has 0 fully saturated rings. The van der Waals surface area contributed by atoms with Crippen LogP contribution in [0.25, 0.3) is 22.5 Å². The lowest BCUT2D eigenvalue weighted by molar-refractivity contribution is -0.384. The van der Waals surface area contributed by atoms with Crippen molar-refractivity contribution in [2.24, 2.45) is 5.10 Å². The third-order valence-electron chi connectivity index (χ3n) is 5.54. The Balaban J connectivity index is 1.50. The fourth-order valence-corrected chi connectivity index (χ4v) is 3.95. The highest BCUT2D eigenvalue weighted by Gasteiger charge is 2.32. The van der Waals surface area contributed by atoms with Gasteiger partial charge in [0.2, 0.25) is 19.3 Å². The predicted molar refractivity (Wildman–Crippen MR) is 126 cm³/mol. The van der Waals surface area contributed by atoms with Crippen molar-refractivity contribution >= 4 is 17.6 Å². The Morgan fingerprint density at radius 3 is 2.14 bits per heavy atom. The summed E-state index contributed by atoms with van der Waals surface area (Å²) >= 11 is 0. The molecule has 2 aliphatic heterocycles. The fourth-order valence-electron chi connectivity index (χ4n) is 3.95. The van der Waals surface area contributed by atoms with Crippen molar-refractivity contribution < 1.29 is 28.3 Å². The van der Waals surface area contributed by atoms with E-state index < -0.39 is 4.92 Å². The molecule has 10 heteroatoms. The zero-order valence-electron chi connectivity index (χ0n) is 18.1. The van der Waals surface area contributed by atoms with Gasteiger partial charge in [-0.05, 0) is 48.0 Å². The van der Waals surface area contributed by atoms with Crippen LogP contribution in [-0.2, 0) is 0 Å². The fraction of sp³-hybridized carbons (Fsp3) is 0.0800. The van der Waals surface area contributed by atoms with E-state index in [-0.39, 0.29) is 36.4 Å². The number of anilines is 1. The summed E-state index contributed by atoms with van der Waals surface area (Å²) in [6.45, 7) is 0.194. The first-order valence-corrected chi connectivity index (χ1v) is 10.6. The number of furan rings is 1. The molecule has 4 aromatic rings. The molecule has 6 rings (SSSR count). The summed E-state index contributed by atoms with van der Waals surface area (Å²) in [4.78, 5) is 11.8. The van der Waals surface area contributed by atoms with Crippen LogP contribution in [0.4, 0.5) is 11.4 Å². The van der Waals surface area contributed by atoms with E-state index in [2.05, 4.69) is 10.5 Å². The Morgan fingerprint density at radius 2 is 1.46 bits per heavy atom. The van der Waals surface area contributed by atoms with Gasteiger partial charge in [-0.15, -0.1) is 0 Å². The van der Waals surface area contributed by atoms with E-state index in [0.717, 1.165) is 5.69 Å². The molecule has 2 aliphatic rings. The molecule has 0 unspecified atom stereocenters. The summed E-state index contributed by atoms with van der Waals surface area (Å²) in [5, 5.41) is 16.4. The highest BCUT2D eigenvalue weighted by Crippen LogP contribution is 2.47. The Labute approximate surface area is 198 Å². The second kappa shape index (κ2) is 8.41. The SMILES string of the molecule is O=[N+]([O-])c1c(/C=N/Nc2ccccc2)oc(-c2ccc3c(c2)OCO3)c1-c1ccc2c(c1)OCO2. The molecule has 3 heterocycles. The van der Waals surface area contributed by atoms with E-state index in [1.54, 1.807) is 36.4 Å². The van der Waals surface area contributed by atoms with Crippen LogP contribution in [0.5, 0.6) is 23.0 Å². The van der Waals surface area contributed by atoms with Gasteiger partial charge in [-0.2, -0.15) is 5.10 Å². The van der Waals surface area contributed by atoms with Gasteiger partial charge in [0.15, 0.2) is 23.0 Å². The summed E-state index contributed by atoms with van der Waals surface area (Å²) < 4.78 is 27.8. The Bertz CT molecular complexity index is 1460. The van der Waals surface area contributed by atoms with Crippen molar-refractivity contribution in [3.05, 3.63) is 82.6 Å². The standard InChI is InChI=1S/C25H17N3O7/c29-28(30)24-22(12-26-27-17-4-2-1-3-5-17)35-25(16-7-9-19-21(11-16)34-14-32-19)23(24)15-6-8-18-20(10-15)33-13-31-18/h1-12,27H,13-14H2/b26-12+. The second-order valence-corrected chi connectivity index (χ2v) is 7.65. The van der Waals surface area contributed by atoms with E-state index in [9.17, 15) is 10.1 Å². The summed E-state index contributed by atoms with van der Waals surface area (Å²) in [6, 6.07) is 19.6. The monoisotopic (exact) mass is 471 g/mol. The Kier molecular flexibility index (Phi) is 4.95. The topological polar surface area (TPSA) is 118 Å². The number of hydrazone groups is 1. The van der Waals surface area contributed by atoms with Crippen molar-refractivity contribution in [2.75, 3.05) is 19.0 Å². The molecule has 0 radical (unpaired) electrons. The normalized spacial score (nSPS) is 13.4. The van der Waals surface area contributed by atoms with Crippen LogP contribution in [0.2, 0.25) is 0 Å². The molecular weight excluding hydrogens is 454 g/mol. The number of nitro groups is 1. The van der Waals surface area contributed by atoms with Crippen LogP contribution < -0.4 is 24.4 Å². The van der Waals surface area contributed by atoms with Crippen LogP contribution in [0.1, 0.15) is 5.76 Å². The van der Waals surface area contributed by atoms with Crippen molar-refractivity contribution in [3.8, 4) is 45.4 Å². The molecule has 10 nitrogen and oxygen atoms in total. The number of para-hydroxylation sites is 1. The van der Waals surface area contributed by atoms with Gasteiger partial charge >= 0.3 is 5.69 Å². The molecule has 0 saturated heterocycles. The van der Waals surface area contributed by atoms with Gasteiger partial charge in [0.05, 0.1) is 16.8 Å². The molecule has 0 spiro atoms. The highest BCUT2D eigenvalue weighted by atomic mass is 16.7. The van der Waals surface area contributed by atoms with E-state index >= 15 is 0 Å². The maximum Gasteiger partial charge on any atom is 0.324 e. The number of ether oxygens (including phenoxy) is 4. The summed E-state index contributed by atoms with van der Waals surface area (Å²) in [5.74, 6) is 2.45. The van der Waals surface area contributed by atoms with Gasteiger partial charge in [-0.1, -0.05) is 24.3 Å². The van der Waals surface area contributed by atoms with Crippen LogP contribution in [0.3, 0.4) is 0 Å². The van der Waals surface area contributed by atoms with E-state index in [0.29, 0.717) is 34.1 Å². The summed E-state index contributed by atoms with van der Waals surface area (Å²) in [5.41, 5.74) is 4.75. The molecule has 0 atom stereocenters. The van der Waals surface area contributed by atoms with Crippen LogP contribution in [0, 0.1) is 10.1 Å². The second-order valence-electron chi connectivity index (χ2n) is 7.65. The number of nitrogens with one attached hydrogen (secondary N) is 1. The molecule has 0 saturated carbocycles. The first-order valence-electron chi connectivity index (χ1n) is 10.6. The molecule has 0 amide bonds. The average Bonchev–Trinajstić information content (AvgIpc) is 3.61. The van der Waals surface area contributed by atoms with E-state index in [4.69, 9.17) is 23.4 Å². The number of hydrogen-bond donors (Lipinski definition) is 1. The molecule has 35 heavy (non-hydrogen) atoms. The van der Waals surface area contributed by atoms with Gasteiger partial charge in [0.25, 0.3) is 0 Å². The Morgan fingerprint density at radius 1 is 0.829 bits per heavy atom. The largest absolute Gasteiger partial charge is 0.454 e. The minimum absolute atomic E-state index is 0.0150. The lowest BCUT2D eigenvalue weighted by Gasteiger charge is -2.05. The maximum atomic E-state index is 12.3.